The van der Waals surface area contributed by atoms with Gasteiger partial charge in [-0.3, -0.25) is 4.79 Å². The molecule has 0 saturated carbocycles. The number of alkyl halides is 2. The van der Waals surface area contributed by atoms with E-state index in [9.17, 15) is 18.0 Å². The average Bonchev–Trinajstić information content (AvgIpc) is 2.33. The second-order valence-electron chi connectivity index (χ2n) is 4.25. The van der Waals surface area contributed by atoms with Gasteiger partial charge in [0.25, 0.3) is 11.8 Å². The molecule has 1 aromatic rings. The number of nitrogens with zero attached hydrogens (tertiary/aromatic N) is 2. The Hall–Kier alpha value is -1.01. The summed E-state index contributed by atoms with van der Waals surface area (Å²) in [4.78, 5) is 16.7. The lowest BCUT2D eigenvalue weighted by molar-refractivity contribution is -0.0494. The number of hydrogen-bond donors (Lipinski definition) is 0. The van der Waals surface area contributed by atoms with Crippen molar-refractivity contribution in [2.24, 2.45) is 0 Å². The highest BCUT2D eigenvalue weighted by Gasteiger charge is 2.36. The van der Waals surface area contributed by atoms with Crippen LogP contribution in [0.4, 0.5) is 13.2 Å². The van der Waals surface area contributed by atoms with E-state index < -0.39 is 35.6 Å². The quantitative estimate of drug-likeness (QED) is 0.745. The van der Waals surface area contributed by atoms with Crippen LogP contribution in [0.3, 0.4) is 0 Å². The number of carbonyl (C=O) groups excluding carboxylic acids is 1. The third kappa shape index (κ3) is 3.12. The second-order valence-corrected chi connectivity index (χ2v) is 4.96. The van der Waals surface area contributed by atoms with E-state index in [0.717, 1.165) is 6.07 Å². The SMILES string of the molecule is O=C(c1cc(F)c(Cl)nc1Cl)N1CCC(F)(F)CC1. The van der Waals surface area contributed by atoms with Crippen LogP contribution in [-0.2, 0) is 0 Å². The highest BCUT2D eigenvalue weighted by molar-refractivity contribution is 6.34. The van der Waals surface area contributed by atoms with E-state index in [1.54, 1.807) is 0 Å². The molecule has 1 amide bonds. The minimum atomic E-state index is -2.76. The summed E-state index contributed by atoms with van der Waals surface area (Å²) in [6.07, 6.45) is -0.834. The van der Waals surface area contributed by atoms with Crippen molar-refractivity contribution < 1.29 is 18.0 Å². The highest BCUT2D eigenvalue weighted by atomic mass is 35.5. The third-order valence-corrected chi connectivity index (χ3v) is 3.45. The highest BCUT2D eigenvalue weighted by Crippen LogP contribution is 2.29. The van der Waals surface area contributed by atoms with E-state index in [1.165, 1.54) is 4.90 Å². The van der Waals surface area contributed by atoms with Gasteiger partial charge in [-0.25, -0.2) is 18.2 Å². The molecule has 1 aliphatic rings. The summed E-state index contributed by atoms with van der Waals surface area (Å²) in [6, 6.07) is 0.868. The zero-order valence-corrected chi connectivity index (χ0v) is 11.1. The lowest BCUT2D eigenvalue weighted by atomic mass is 10.1. The molecule has 0 radical (unpaired) electrons. The van der Waals surface area contributed by atoms with Crippen LogP contribution < -0.4 is 0 Å². The molecule has 0 atom stereocenters. The predicted molar refractivity (Wildman–Crippen MR) is 64.3 cm³/mol. The molecule has 1 saturated heterocycles. The van der Waals surface area contributed by atoms with Gasteiger partial charge in [0.05, 0.1) is 5.56 Å². The molecule has 1 aliphatic heterocycles. The van der Waals surface area contributed by atoms with Crippen molar-refractivity contribution in [3.8, 4) is 0 Å². The first-order valence-corrected chi connectivity index (χ1v) is 6.24. The van der Waals surface area contributed by atoms with Gasteiger partial charge in [0.1, 0.15) is 5.15 Å². The Bertz CT molecular complexity index is 515. The van der Waals surface area contributed by atoms with Crippen LogP contribution in [0.25, 0.3) is 0 Å². The van der Waals surface area contributed by atoms with Crippen LogP contribution in [0.5, 0.6) is 0 Å². The van der Waals surface area contributed by atoms with Gasteiger partial charge in [0.2, 0.25) is 0 Å². The van der Waals surface area contributed by atoms with Crippen molar-refractivity contribution in [3.63, 3.8) is 0 Å². The van der Waals surface area contributed by atoms with Gasteiger partial charge in [-0.05, 0) is 6.07 Å². The molecule has 19 heavy (non-hydrogen) atoms. The molecule has 1 aromatic heterocycles. The molecule has 0 unspecified atom stereocenters. The van der Waals surface area contributed by atoms with Gasteiger partial charge in [-0.2, -0.15) is 0 Å². The molecule has 0 spiro atoms. The number of rotatable bonds is 1. The van der Waals surface area contributed by atoms with Gasteiger partial charge in [-0.1, -0.05) is 23.2 Å². The molecule has 0 bridgehead atoms. The molecular formula is C11H9Cl2F3N2O. The Labute approximate surface area is 117 Å². The van der Waals surface area contributed by atoms with Crippen molar-refractivity contribution in [3.05, 3.63) is 27.8 Å². The minimum Gasteiger partial charge on any atom is -0.338 e. The van der Waals surface area contributed by atoms with Gasteiger partial charge < -0.3 is 4.90 Å². The first kappa shape index (κ1) is 14.4. The molecule has 2 heterocycles. The Morgan fingerprint density at radius 3 is 2.42 bits per heavy atom. The van der Waals surface area contributed by atoms with E-state index in [0.29, 0.717) is 0 Å². The molecule has 0 N–H and O–H groups in total. The van der Waals surface area contributed by atoms with E-state index in [4.69, 9.17) is 23.2 Å². The standard InChI is InChI=1S/C11H9Cl2F3N2O/c12-8-6(5-7(14)9(13)17-8)10(19)18-3-1-11(15,16)2-4-18/h5H,1-4H2. The number of likely N-dealkylation sites (tertiary alicyclic amines) is 1. The largest absolute Gasteiger partial charge is 0.338 e. The molecule has 2 rings (SSSR count). The van der Waals surface area contributed by atoms with Crippen LogP contribution in [0, 0.1) is 5.82 Å². The second kappa shape index (κ2) is 5.17. The van der Waals surface area contributed by atoms with E-state index in [2.05, 4.69) is 4.98 Å². The van der Waals surface area contributed by atoms with Crippen molar-refractivity contribution in [2.45, 2.75) is 18.8 Å². The minimum absolute atomic E-state index is 0.105. The van der Waals surface area contributed by atoms with Gasteiger partial charge in [0, 0.05) is 25.9 Å². The monoisotopic (exact) mass is 312 g/mol. The van der Waals surface area contributed by atoms with Gasteiger partial charge in [0.15, 0.2) is 11.0 Å². The summed E-state index contributed by atoms with van der Waals surface area (Å²) in [5.41, 5.74) is -0.172. The number of pyridine rings is 1. The summed E-state index contributed by atoms with van der Waals surface area (Å²) in [5, 5.41) is -0.680. The fraction of sp³-hybridized carbons (Fsp3) is 0.455. The summed E-state index contributed by atoms with van der Waals surface area (Å²) in [5.74, 6) is -4.26. The van der Waals surface area contributed by atoms with Crippen molar-refractivity contribution in [2.75, 3.05) is 13.1 Å². The molecular weight excluding hydrogens is 304 g/mol. The topological polar surface area (TPSA) is 33.2 Å². The molecule has 8 heteroatoms. The van der Waals surface area contributed by atoms with Crippen molar-refractivity contribution >= 4 is 29.1 Å². The van der Waals surface area contributed by atoms with Crippen LogP contribution >= 0.6 is 23.2 Å². The summed E-state index contributed by atoms with van der Waals surface area (Å²) in [7, 11) is 0. The predicted octanol–water partition coefficient (Wildman–Crippen LogP) is 3.40. The first-order valence-electron chi connectivity index (χ1n) is 5.49. The smallest absolute Gasteiger partial charge is 0.257 e. The number of amides is 1. The maximum Gasteiger partial charge on any atom is 0.257 e. The molecule has 0 aromatic carbocycles. The fourth-order valence-corrected chi connectivity index (χ4v) is 2.21. The lowest BCUT2D eigenvalue weighted by Crippen LogP contribution is -2.42. The average molecular weight is 313 g/mol. The van der Waals surface area contributed by atoms with E-state index >= 15 is 0 Å². The zero-order chi connectivity index (χ0) is 14.2. The Morgan fingerprint density at radius 1 is 1.26 bits per heavy atom. The number of piperidine rings is 1. The first-order chi connectivity index (χ1) is 8.80. The van der Waals surface area contributed by atoms with Crippen molar-refractivity contribution in [1.29, 1.82) is 0 Å². The van der Waals surface area contributed by atoms with Crippen LogP contribution in [0.2, 0.25) is 10.3 Å². The zero-order valence-electron chi connectivity index (χ0n) is 9.60. The lowest BCUT2D eigenvalue weighted by Gasteiger charge is -2.31. The molecule has 3 nitrogen and oxygen atoms in total. The number of carbonyl (C=O) groups is 1. The fourth-order valence-electron chi connectivity index (χ4n) is 1.80. The third-order valence-electron chi connectivity index (χ3n) is 2.90. The Morgan fingerprint density at radius 2 is 1.84 bits per heavy atom. The van der Waals surface area contributed by atoms with Gasteiger partial charge >= 0.3 is 0 Å². The van der Waals surface area contributed by atoms with E-state index in [1.807, 2.05) is 0 Å². The summed E-state index contributed by atoms with van der Waals surface area (Å²) >= 11 is 11.1. The number of halogens is 5. The Balaban J connectivity index is 2.19. The maximum absolute atomic E-state index is 13.3. The maximum atomic E-state index is 13.3. The normalized spacial score (nSPS) is 18.5. The Kier molecular flexibility index (Phi) is 3.92. The molecule has 1 fully saturated rings. The molecule has 0 aliphatic carbocycles. The molecule has 104 valence electrons. The summed E-state index contributed by atoms with van der Waals surface area (Å²) < 4.78 is 39.2. The number of aromatic nitrogens is 1. The van der Waals surface area contributed by atoms with Crippen LogP contribution in [0.15, 0.2) is 6.07 Å². The van der Waals surface area contributed by atoms with Crippen LogP contribution in [0.1, 0.15) is 23.2 Å². The van der Waals surface area contributed by atoms with E-state index in [-0.39, 0.29) is 23.8 Å². The van der Waals surface area contributed by atoms with Gasteiger partial charge in [-0.15, -0.1) is 0 Å². The summed E-state index contributed by atoms with van der Waals surface area (Å²) in [6.45, 7) is -0.210. The van der Waals surface area contributed by atoms with Crippen molar-refractivity contribution in [1.82, 2.24) is 9.88 Å². The van der Waals surface area contributed by atoms with Crippen LogP contribution in [-0.4, -0.2) is 34.8 Å². The number of hydrogen-bond acceptors (Lipinski definition) is 2.